The van der Waals surface area contributed by atoms with Crippen LogP contribution in [0.2, 0.25) is 0 Å². The zero-order valence-electron chi connectivity index (χ0n) is 11.0. The third-order valence-corrected chi connectivity index (χ3v) is 3.89. The molecule has 0 aromatic heterocycles. The topological polar surface area (TPSA) is 55.1 Å². The maximum atomic E-state index is 12.0. The van der Waals surface area contributed by atoms with Gasteiger partial charge in [0.1, 0.15) is 0 Å². The molecule has 18 heavy (non-hydrogen) atoms. The zero-order chi connectivity index (χ0) is 13.0. The third kappa shape index (κ3) is 3.25. The summed E-state index contributed by atoms with van der Waals surface area (Å²) < 4.78 is 0. The van der Waals surface area contributed by atoms with E-state index in [1.165, 1.54) is 12.8 Å². The largest absolute Gasteiger partial charge is 0.398 e. The SMILES string of the molecule is CC1CCC(C(=O)NCc2ccccc2N)CC1. The summed E-state index contributed by atoms with van der Waals surface area (Å²) in [4.78, 5) is 12.0. The van der Waals surface area contributed by atoms with Gasteiger partial charge in [0.25, 0.3) is 0 Å². The molecule has 1 aliphatic carbocycles. The molecule has 0 heterocycles. The molecule has 0 bridgehead atoms. The molecule has 0 atom stereocenters. The van der Waals surface area contributed by atoms with Crippen LogP contribution in [0.4, 0.5) is 5.69 Å². The summed E-state index contributed by atoms with van der Waals surface area (Å²) in [5.74, 6) is 1.16. The average Bonchev–Trinajstić information content (AvgIpc) is 2.38. The molecule has 1 aliphatic rings. The van der Waals surface area contributed by atoms with Crippen molar-refractivity contribution in [3.8, 4) is 0 Å². The highest BCUT2D eigenvalue weighted by atomic mass is 16.1. The van der Waals surface area contributed by atoms with Crippen molar-refractivity contribution in [2.45, 2.75) is 39.2 Å². The Morgan fingerprint density at radius 3 is 2.61 bits per heavy atom. The number of nitrogens with two attached hydrogens (primary N) is 1. The van der Waals surface area contributed by atoms with E-state index >= 15 is 0 Å². The molecule has 3 heteroatoms. The molecule has 1 amide bonds. The van der Waals surface area contributed by atoms with E-state index in [9.17, 15) is 4.79 Å². The van der Waals surface area contributed by atoms with E-state index < -0.39 is 0 Å². The van der Waals surface area contributed by atoms with E-state index in [1.807, 2.05) is 24.3 Å². The number of rotatable bonds is 3. The summed E-state index contributed by atoms with van der Waals surface area (Å²) >= 11 is 0. The van der Waals surface area contributed by atoms with E-state index in [2.05, 4.69) is 12.2 Å². The fourth-order valence-corrected chi connectivity index (χ4v) is 2.54. The molecular weight excluding hydrogens is 224 g/mol. The Balaban J connectivity index is 1.83. The molecule has 98 valence electrons. The van der Waals surface area contributed by atoms with Gasteiger partial charge in [0.15, 0.2) is 0 Å². The third-order valence-electron chi connectivity index (χ3n) is 3.89. The number of carbonyl (C=O) groups is 1. The second-order valence-electron chi connectivity index (χ2n) is 5.37. The maximum absolute atomic E-state index is 12.0. The van der Waals surface area contributed by atoms with E-state index in [1.54, 1.807) is 0 Å². The Labute approximate surface area is 109 Å². The number of benzene rings is 1. The van der Waals surface area contributed by atoms with Gasteiger partial charge in [0, 0.05) is 18.2 Å². The summed E-state index contributed by atoms with van der Waals surface area (Å²) in [5, 5.41) is 3.01. The fourth-order valence-electron chi connectivity index (χ4n) is 2.54. The standard InChI is InChI=1S/C15H22N2O/c1-11-6-8-12(9-7-11)15(18)17-10-13-4-2-3-5-14(13)16/h2-5,11-12H,6-10,16H2,1H3,(H,17,18). The molecule has 0 saturated heterocycles. The van der Waals surface area contributed by atoms with Crippen LogP contribution in [-0.2, 0) is 11.3 Å². The monoisotopic (exact) mass is 246 g/mol. The predicted molar refractivity (Wildman–Crippen MR) is 73.8 cm³/mol. The van der Waals surface area contributed by atoms with Gasteiger partial charge in [0.05, 0.1) is 0 Å². The van der Waals surface area contributed by atoms with Crippen LogP contribution in [-0.4, -0.2) is 5.91 Å². The van der Waals surface area contributed by atoms with E-state index in [0.717, 1.165) is 30.0 Å². The number of nitrogen functional groups attached to an aromatic ring is 1. The molecule has 0 aliphatic heterocycles. The minimum Gasteiger partial charge on any atom is -0.398 e. The zero-order valence-corrected chi connectivity index (χ0v) is 11.0. The predicted octanol–water partition coefficient (Wildman–Crippen LogP) is 2.71. The second kappa shape index (κ2) is 5.89. The lowest BCUT2D eigenvalue weighted by atomic mass is 9.82. The van der Waals surface area contributed by atoms with Crippen LogP contribution < -0.4 is 11.1 Å². The lowest BCUT2D eigenvalue weighted by molar-refractivity contribution is -0.126. The van der Waals surface area contributed by atoms with E-state index in [4.69, 9.17) is 5.73 Å². The van der Waals surface area contributed by atoms with Gasteiger partial charge in [-0.3, -0.25) is 4.79 Å². The summed E-state index contributed by atoms with van der Waals surface area (Å²) in [6.07, 6.45) is 4.39. The van der Waals surface area contributed by atoms with Crippen molar-refractivity contribution in [1.82, 2.24) is 5.32 Å². The van der Waals surface area contributed by atoms with Gasteiger partial charge in [-0.25, -0.2) is 0 Å². The molecular formula is C15H22N2O. The molecule has 0 unspecified atom stereocenters. The quantitative estimate of drug-likeness (QED) is 0.806. The number of hydrogen-bond acceptors (Lipinski definition) is 2. The van der Waals surface area contributed by atoms with Crippen LogP contribution in [0.25, 0.3) is 0 Å². The first-order chi connectivity index (χ1) is 8.66. The minimum absolute atomic E-state index is 0.185. The first-order valence-corrected chi connectivity index (χ1v) is 6.78. The van der Waals surface area contributed by atoms with Crippen molar-refractivity contribution in [2.24, 2.45) is 11.8 Å². The normalized spacial score (nSPS) is 23.6. The number of nitrogens with one attached hydrogen (secondary N) is 1. The fraction of sp³-hybridized carbons (Fsp3) is 0.533. The smallest absolute Gasteiger partial charge is 0.223 e. The summed E-state index contributed by atoms with van der Waals surface area (Å²) in [5.41, 5.74) is 7.59. The minimum atomic E-state index is 0.185. The molecule has 3 nitrogen and oxygen atoms in total. The number of hydrogen-bond donors (Lipinski definition) is 2. The van der Waals surface area contributed by atoms with E-state index in [0.29, 0.717) is 6.54 Å². The Hall–Kier alpha value is -1.51. The van der Waals surface area contributed by atoms with Crippen LogP contribution in [0.15, 0.2) is 24.3 Å². The lowest BCUT2D eigenvalue weighted by Crippen LogP contribution is -2.32. The molecule has 1 aromatic rings. The van der Waals surface area contributed by atoms with Crippen molar-refractivity contribution < 1.29 is 4.79 Å². The van der Waals surface area contributed by atoms with Crippen LogP contribution in [0.3, 0.4) is 0 Å². The Morgan fingerprint density at radius 1 is 1.28 bits per heavy atom. The Morgan fingerprint density at radius 2 is 1.94 bits per heavy atom. The maximum Gasteiger partial charge on any atom is 0.223 e. The van der Waals surface area contributed by atoms with Crippen LogP contribution >= 0.6 is 0 Å². The number of para-hydroxylation sites is 1. The molecule has 1 aromatic carbocycles. The number of amides is 1. The Bertz CT molecular complexity index is 409. The van der Waals surface area contributed by atoms with Crippen LogP contribution in [0, 0.1) is 11.8 Å². The van der Waals surface area contributed by atoms with Crippen molar-refractivity contribution in [3.63, 3.8) is 0 Å². The average molecular weight is 246 g/mol. The van der Waals surface area contributed by atoms with Gasteiger partial charge >= 0.3 is 0 Å². The number of anilines is 1. The van der Waals surface area contributed by atoms with Crippen LogP contribution in [0.5, 0.6) is 0 Å². The second-order valence-corrected chi connectivity index (χ2v) is 5.37. The van der Waals surface area contributed by atoms with Gasteiger partial charge in [-0.1, -0.05) is 25.1 Å². The van der Waals surface area contributed by atoms with Crippen molar-refractivity contribution in [3.05, 3.63) is 29.8 Å². The van der Waals surface area contributed by atoms with Gasteiger partial charge in [-0.2, -0.15) is 0 Å². The van der Waals surface area contributed by atoms with Crippen LogP contribution in [0.1, 0.15) is 38.2 Å². The molecule has 1 fully saturated rings. The van der Waals surface area contributed by atoms with Gasteiger partial charge in [-0.05, 0) is 43.2 Å². The summed E-state index contributed by atoms with van der Waals surface area (Å²) in [6, 6.07) is 7.67. The Kier molecular flexibility index (Phi) is 4.24. The van der Waals surface area contributed by atoms with Gasteiger partial charge < -0.3 is 11.1 Å². The highest BCUT2D eigenvalue weighted by Gasteiger charge is 2.23. The molecule has 0 radical (unpaired) electrons. The molecule has 2 rings (SSSR count). The first-order valence-electron chi connectivity index (χ1n) is 6.78. The lowest BCUT2D eigenvalue weighted by Gasteiger charge is -2.25. The first kappa shape index (κ1) is 12.9. The van der Waals surface area contributed by atoms with Crippen molar-refractivity contribution >= 4 is 11.6 Å². The van der Waals surface area contributed by atoms with Crippen molar-refractivity contribution in [1.29, 1.82) is 0 Å². The number of carbonyl (C=O) groups excluding carboxylic acids is 1. The summed E-state index contributed by atoms with van der Waals surface area (Å²) in [7, 11) is 0. The molecule has 3 N–H and O–H groups in total. The molecule has 1 saturated carbocycles. The van der Waals surface area contributed by atoms with Gasteiger partial charge in [0.2, 0.25) is 5.91 Å². The van der Waals surface area contributed by atoms with Gasteiger partial charge in [-0.15, -0.1) is 0 Å². The van der Waals surface area contributed by atoms with Crippen molar-refractivity contribution in [2.75, 3.05) is 5.73 Å². The highest BCUT2D eigenvalue weighted by Crippen LogP contribution is 2.28. The summed E-state index contributed by atoms with van der Waals surface area (Å²) in [6.45, 7) is 2.80. The molecule has 0 spiro atoms. The van der Waals surface area contributed by atoms with E-state index in [-0.39, 0.29) is 11.8 Å². The highest BCUT2D eigenvalue weighted by molar-refractivity contribution is 5.78.